The SMILES string of the molecule is C=CC(=O)NB(O)c1cccc(NC(=O)C(=C)C)c1.OCC(O)CO. The van der Waals surface area contributed by atoms with E-state index in [4.69, 9.17) is 15.3 Å². The molecule has 9 heteroatoms. The van der Waals surface area contributed by atoms with Gasteiger partial charge in [0, 0.05) is 11.3 Å². The van der Waals surface area contributed by atoms with Crippen LogP contribution in [0.2, 0.25) is 0 Å². The first kappa shape index (κ1) is 22.5. The first-order chi connectivity index (χ1) is 11.7. The molecule has 0 aliphatic carbocycles. The van der Waals surface area contributed by atoms with Crippen molar-refractivity contribution in [2.45, 2.75) is 13.0 Å². The van der Waals surface area contributed by atoms with Crippen LogP contribution in [-0.4, -0.2) is 58.5 Å². The van der Waals surface area contributed by atoms with Gasteiger partial charge in [0.05, 0.1) is 13.2 Å². The molecule has 0 radical (unpaired) electrons. The van der Waals surface area contributed by atoms with Gasteiger partial charge in [0.25, 0.3) is 5.91 Å². The molecule has 8 nitrogen and oxygen atoms in total. The zero-order valence-corrected chi connectivity index (χ0v) is 14.0. The van der Waals surface area contributed by atoms with Gasteiger partial charge in [-0.25, -0.2) is 0 Å². The fourth-order valence-corrected chi connectivity index (χ4v) is 1.36. The number of hydrogen-bond acceptors (Lipinski definition) is 6. The smallest absolute Gasteiger partial charge is 0.429 e. The molecule has 0 spiro atoms. The highest BCUT2D eigenvalue weighted by Gasteiger charge is 2.17. The van der Waals surface area contributed by atoms with E-state index in [9.17, 15) is 14.6 Å². The lowest BCUT2D eigenvalue weighted by molar-refractivity contribution is -0.115. The number of benzene rings is 1. The maximum atomic E-state index is 11.5. The van der Waals surface area contributed by atoms with E-state index in [1.54, 1.807) is 31.2 Å². The van der Waals surface area contributed by atoms with Crippen molar-refractivity contribution in [3.8, 4) is 0 Å². The van der Waals surface area contributed by atoms with Gasteiger partial charge in [-0.2, -0.15) is 0 Å². The molecule has 136 valence electrons. The first-order valence-electron chi connectivity index (χ1n) is 7.32. The Morgan fingerprint density at radius 3 is 2.36 bits per heavy atom. The summed E-state index contributed by atoms with van der Waals surface area (Å²) in [5.74, 6) is -0.786. The fraction of sp³-hybridized carbons (Fsp3) is 0.250. The van der Waals surface area contributed by atoms with Crippen LogP contribution >= 0.6 is 0 Å². The van der Waals surface area contributed by atoms with Gasteiger partial charge in [-0.1, -0.05) is 25.3 Å². The van der Waals surface area contributed by atoms with Crippen molar-refractivity contribution >= 4 is 30.0 Å². The standard InChI is InChI=1S/C13H15BN2O3.C3H8O3/c1-4-12(17)16-14(19)10-6-5-7-11(8-10)15-13(18)9(2)3;4-1-3(6)2-5/h4-8,19H,1-2H2,3H3,(H,15,18)(H,16,17);3-6H,1-2H2. The molecule has 1 aromatic carbocycles. The van der Waals surface area contributed by atoms with Crippen molar-refractivity contribution in [3.05, 3.63) is 49.1 Å². The third-order valence-electron chi connectivity index (χ3n) is 2.73. The first-order valence-corrected chi connectivity index (χ1v) is 7.32. The summed E-state index contributed by atoms with van der Waals surface area (Å²) in [6.45, 7) is 7.69. The van der Waals surface area contributed by atoms with E-state index in [2.05, 4.69) is 23.7 Å². The summed E-state index contributed by atoms with van der Waals surface area (Å²) in [7, 11) is -1.16. The van der Waals surface area contributed by atoms with Crippen LogP contribution in [0.3, 0.4) is 0 Å². The van der Waals surface area contributed by atoms with Gasteiger partial charge in [0.1, 0.15) is 6.10 Å². The molecule has 6 N–H and O–H groups in total. The van der Waals surface area contributed by atoms with Crippen molar-refractivity contribution in [2.75, 3.05) is 18.5 Å². The lowest BCUT2D eigenvalue weighted by Crippen LogP contribution is -2.47. The summed E-state index contributed by atoms with van der Waals surface area (Å²) in [5, 5.41) is 38.7. The second-order valence-corrected chi connectivity index (χ2v) is 4.99. The van der Waals surface area contributed by atoms with E-state index < -0.39 is 19.1 Å². The van der Waals surface area contributed by atoms with E-state index in [1.807, 2.05) is 0 Å². The highest BCUT2D eigenvalue weighted by Crippen LogP contribution is 2.05. The van der Waals surface area contributed by atoms with Crippen LogP contribution in [0.4, 0.5) is 5.69 Å². The number of rotatable bonds is 7. The van der Waals surface area contributed by atoms with Gasteiger partial charge < -0.3 is 30.9 Å². The summed E-state index contributed by atoms with van der Waals surface area (Å²) in [6, 6.07) is 6.53. The van der Waals surface area contributed by atoms with Crippen LogP contribution in [0.1, 0.15) is 6.92 Å². The Labute approximate surface area is 146 Å². The van der Waals surface area contributed by atoms with Gasteiger partial charge >= 0.3 is 7.05 Å². The highest BCUT2D eigenvalue weighted by molar-refractivity contribution is 6.66. The molecule has 0 aromatic heterocycles. The fourth-order valence-electron chi connectivity index (χ4n) is 1.36. The molecule has 1 rings (SSSR count). The second-order valence-electron chi connectivity index (χ2n) is 4.99. The third-order valence-corrected chi connectivity index (χ3v) is 2.73. The van der Waals surface area contributed by atoms with Crippen LogP contribution in [0.15, 0.2) is 49.1 Å². The monoisotopic (exact) mass is 350 g/mol. The van der Waals surface area contributed by atoms with Gasteiger partial charge in [-0.05, 0) is 30.6 Å². The lowest BCUT2D eigenvalue weighted by Gasteiger charge is -2.10. The Hall–Kier alpha value is -2.46. The van der Waals surface area contributed by atoms with E-state index >= 15 is 0 Å². The van der Waals surface area contributed by atoms with E-state index in [0.29, 0.717) is 16.7 Å². The Bertz CT molecular complexity index is 604. The average Bonchev–Trinajstić information content (AvgIpc) is 2.61. The van der Waals surface area contributed by atoms with Gasteiger partial charge in [0.15, 0.2) is 0 Å². The number of carbonyl (C=O) groups is 2. The van der Waals surface area contributed by atoms with Crippen LogP contribution in [0.25, 0.3) is 0 Å². The number of amides is 2. The van der Waals surface area contributed by atoms with Gasteiger partial charge in [-0.15, -0.1) is 0 Å². The summed E-state index contributed by atoms with van der Waals surface area (Å²) in [4.78, 5) is 22.5. The molecule has 0 fully saturated rings. The van der Waals surface area contributed by atoms with Crippen molar-refractivity contribution < 1.29 is 29.9 Å². The molecular weight excluding hydrogens is 327 g/mol. The summed E-state index contributed by atoms with van der Waals surface area (Å²) < 4.78 is 0. The molecule has 0 bridgehead atoms. The summed E-state index contributed by atoms with van der Waals surface area (Å²) >= 11 is 0. The topological polar surface area (TPSA) is 139 Å². The number of aliphatic hydroxyl groups excluding tert-OH is 3. The molecule has 0 saturated heterocycles. The molecule has 0 saturated carbocycles. The molecule has 0 unspecified atom stereocenters. The Balaban J connectivity index is 0.000000823. The number of carbonyl (C=O) groups excluding carboxylic acids is 2. The van der Waals surface area contributed by atoms with Crippen molar-refractivity contribution in [3.63, 3.8) is 0 Å². The minimum atomic E-state index is -1.16. The van der Waals surface area contributed by atoms with E-state index in [-0.39, 0.29) is 19.1 Å². The third kappa shape index (κ3) is 9.43. The van der Waals surface area contributed by atoms with Gasteiger partial charge in [0.2, 0.25) is 5.91 Å². The quantitative estimate of drug-likeness (QED) is 0.262. The molecule has 25 heavy (non-hydrogen) atoms. The lowest BCUT2D eigenvalue weighted by atomic mass is 9.74. The van der Waals surface area contributed by atoms with Crippen LogP contribution in [0, 0.1) is 0 Å². The second kappa shape index (κ2) is 12.0. The molecule has 1 aromatic rings. The van der Waals surface area contributed by atoms with Crippen molar-refractivity contribution in [1.29, 1.82) is 0 Å². The van der Waals surface area contributed by atoms with Gasteiger partial charge in [-0.3, -0.25) is 9.59 Å². The van der Waals surface area contributed by atoms with Crippen LogP contribution in [0.5, 0.6) is 0 Å². The molecule has 0 heterocycles. The maximum absolute atomic E-state index is 11.5. The number of nitrogens with one attached hydrogen (secondary N) is 2. The van der Waals surface area contributed by atoms with E-state index in [0.717, 1.165) is 6.08 Å². The molecule has 0 atom stereocenters. The van der Waals surface area contributed by atoms with Crippen LogP contribution in [-0.2, 0) is 9.59 Å². The molecule has 0 aliphatic rings. The average molecular weight is 350 g/mol. The van der Waals surface area contributed by atoms with Crippen LogP contribution < -0.4 is 16.0 Å². The van der Waals surface area contributed by atoms with Crippen molar-refractivity contribution in [2.24, 2.45) is 0 Å². The minimum Gasteiger partial charge on any atom is -0.429 e. The largest absolute Gasteiger partial charge is 0.449 e. The maximum Gasteiger partial charge on any atom is 0.449 e. The zero-order valence-electron chi connectivity index (χ0n) is 14.0. The Kier molecular flexibility index (Phi) is 10.8. The minimum absolute atomic E-state index is 0.304. The van der Waals surface area contributed by atoms with E-state index in [1.165, 1.54) is 0 Å². The molecular formula is C16H23BN2O6. The normalized spacial score (nSPS) is 9.52. The number of anilines is 1. The molecule has 0 aliphatic heterocycles. The number of hydrogen-bond donors (Lipinski definition) is 6. The highest BCUT2D eigenvalue weighted by atomic mass is 16.3. The number of aliphatic hydroxyl groups is 3. The summed E-state index contributed by atoms with van der Waals surface area (Å²) in [5.41, 5.74) is 1.35. The summed E-state index contributed by atoms with van der Waals surface area (Å²) in [6.07, 6.45) is 0.112. The zero-order chi connectivity index (χ0) is 19.4. The predicted molar refractivity (Wildman–Crippen MR) is 96.0 cm³/mol. The Morgan fingerprint density at radius 2 is 1.92 bits per heavy atom. The predicted octanol–water partition coefficient (Wildman–Crippen LogP) is -1.48. The molecule has 2 amide bonds. The Morgan fingerprint density at radius 1 is 1.32 bits per heavy atom. The van der Waals surface area contributed by atoms with Crippen molar-refractivity contribution in [1.82, 2.24) is 5.23 Å².